The molecule has 3 aromatic rings. The molecule has 1 fully saturated rings. The molecule has 172 valence electrons. The van der Waals surface area contributed by atoms with Crippen LogP contribution in [0.2, 0.25) is 0 Å². The number of aliphatic hydroxyl groups is 2. The Hall–Kier alpha value is -2.64. The van der Waals surface area contributed by atoms with Gasteiger partial charge in [-0.3, -0.25) is 18.9 Å². The van der Waals surface area contributed by atoms with Gasteiger partial charge in [-0.25, -0.2) is 4.57 Å². The maximum atomic E-state index is 12.7. The molecule has 0 amide bonds. The summed E-state index contributed by atoms with van der Waals surface area (Å²) in [5.41, 5.74) is 7.37. The van der Waals surface area contributed by atoms with E-state index in [1.165, 1.54) is 10.9 Å². The Morgan fingerprint density at radius 2 is 2.09 bits per heavy atom. The topological polar surface area (TPSA) is 200 Å². The van der Waals surface area contributed by atoms with Gasteiger partial charge in [0.25, 0.3) is 19.3 Å². The first-order valence-corrected chi connectivity index (χ1v) is 11.1. The molecule has 1 saturated heterocycles. The number of fused-ring (bicyclic) bond motifs is 1. The van der Waals surface area contributed by atoms with Gasteiger partial charge in [0.05, 0.1) is 13.2 Å². The number of phosphoric acid groups is 1. The van der Waals surface area contributed by atoms with Crippen molar-refractivity contribution in [1.82, 2.24) is 14.5 Å². The van der Waals surface area contributed by atoms with Crippen molar-refractivity contribution in [3.05, 3.63) is 52.1 Å². The number of rotatable bonds is 6. The molecular weight excluding hydrogens is 445 g/mol. The molecule has 6 N–H and O–H groups in total. The molecule has 5 atom stereocenters. The first kappa shape index (κ1) is 22.6. The monoisotopic (exact) mass is 467 g/mol. The molecule has 3 heterocycles. The number of H-pyrrole nitrogens is 1. The van der Waals surface area contributed by atoms with Crippen LogP contribution < -0.4 is 20.8 Å². The summed E-state index contributed by atoms with van der Waals surface area (Å²) in [6.45, 7) is 1.51. The van der Waals surface area contributed by atoms with Crippen LogP contribution in [0.3, 0.4) is 0 Å². The molecule has 0 radical (unpaired) electrons. The summed E-state index contributed by atoms with van der Waals surface area (Å²) < 4.78 is 23.7. The predicted molar refractivity (Wildman–Crippen MR) is 107 cm³/mol. The molecule has 1 aliphatic heterocycles. The standard InChI is InChI=1S/C18H22N5O8P/c1-9-4-2-3-5-10(9)6-22-8-23(15-12(22)16(26)21-18(19)20-15)17-14(25)13(24)11(31-17)7-30-32(27,28)29/h2-5,8,11,13-14,17,24-25H,6-7H2,1H3,(H4-,19,20,21,26,27,28,29)/t11-,13-,14-,17-/m1/s1. The number of nitrogens with one attached hydrogen (secondary N) is 1. The average molecular weight is 467 g/mol. The molecule has 32 heavy (non-hydrogen) atoms. The van der Waals surface area contributed by atoms with Gasteiger partial charge >= 0.3 is 5.65 Å². The normalized spacial score (nSPS) is 25.3. The van der Waals surface area contributed by atoms with Crippen LogP contribution in [0.5, 0.6) is 0 Å². The lowest BCUT2D eigenvalue weighted by Crippen LogP contribution is -2.46. The highest BCUT2D eigenvalue weighted by molar-refractivity contribution is 7.44. The second-order valence-corrected chi connectivity index (χ2v) is 8.71. The van der Waals surface area contributed by atoms with Crippen LogP contribution in [0.1, 0.15) is 17.4 Å². The molecule has 13 nitrogen and oxygen atoms in total. The number of phosphoric ester groups is 1. The molecule has 0 spiro atoms. The Labute approximate surface area is 180 Å². The van der Waals surface area contributed by atoms with E-state index in [1.807, 2.05) is 31.2 Å². The smallest absolute Gasteiger partial charge is 0.313 e. The van der Waals surface area contributed by atoms with Crippen LogP contribution in [0.4, 0.5) is 5.95 Å². The lowest BCUT2D eigenvalue weighted by molar-refractivity contribution is -0.745. The summed E-state index contributed by atoms with van der Waals surface area (Å²) in [6.07, 6.45) is -4.07. The Morgan fingerprint density at radius 3 is 2.78 bits per heavy atom. The van der Waals surface area contributed by atoms with E-state index in [9.17, 15) is 24.5 Å². The molecular formula is C18H22N5O8P. The average Bonchev–Trinajstić information content (AvgIpc) is 3.19. The zero-order valence-electron chi connectivity index (χ0n) is 16.9. The van der Waals surface area contributed by atoms with E-state index in [-0.39, 0.29) is 17.1 Å². The Bertz CT molecular complexity index is 1250. The summed E-state index contributed by atoms with van der Waals surface area (Å²) in [6, 6.07) is 7.58. The summed E-state index contributed by atoms with van der Waals surface area (Å²) in [5, 5.41) is 20.8. The van der Waals surface area contributed by atoms with Crippen LogP contribution in [-0.4, -0.2) is 54.6 Å². The highest BCUT2D eigenvalue weighted by atomic mass is 31.2. The third-order valence-electron chi connectivity index (χ3n) is 5.31. The van der Waals surface area contributed by atoms with Gasteiger partial charge in [-0.2, -0.15) is 0 Å². The SMILES string of the molecule is Cc1ccccc1Cn1c[n+]([C@@H]2O[C@H](COP(=O)([O-])O)[C@@H](O)[C@H]2O)c2nc(N)[nH]c(=O)c21. The molecule has 4 rings (SSSR count). The largest absolute Gasteiger partial charge is 0.756 e. The number of aromatic nitrogens is 4. The summed E-state index contributed by atoms with van der Waals surface area (Å²) in [5.74, 6) is -0.162. The predicted octanol–water partition coefficient (Wildman–Crippen LogP) is -1.95. The van der Waals surface area contributed by atoms with Crippen molar-refractivity contribution in [2.24, 2.45) is 0 Å². The van der Waals surface area contributed by atoms with Crippen LogP contribution >= 0.6 is 7.82 Å². The van der Waals surface area contributed by atoms with Gasteiger partial charge in [0, 0.05) is 0 Å². The zero-order valence-corrected chi connectivity index (χ0v) is 17.8. The first-order valence-electron chi connectivity index (χ1n) is 9.59. The lowest BCUT2D eigenvalue weighted by Gasteiger charge is -2.19. The van der Waals surface area contributed by atoms with E-state index in [4.69, 9.17) is 15.4 Å². The highest BCUT2D eigenvalue weighted by Gasteiger charge is 2.47. The van der Waals surface area contributed by atoms with Gasteiger partial charge in [-0.15, -0.1) is 0 Å². The second kappa shape index (κ2) is 8.37. The minimum atomic E-state index is -5.06. The van der Waals surface area contributed by atoms with Crippen LogP contribution in [0.15, 0.2) is 35.4 Å². The van der Waals surface area contributed by atoms with Crippen molar-refractivity contribution in [2.75, 3.05) is 12.3 Å². The molecule has 14 heteroatoms. The van der Waals surface area contributed by atoms with Crippen molar-refractivity contribution >= 4 is 24.9 Å². The summed E-state index contributed by atoms with van der Waals surface area (Å²) in [7, 11) is -5.06. The van der Waals surface area contributed by atoms with Crippen molar-refractivity contribution < 1.29 is 38.4 Å². The minimum Gasteiger partial charge on any atom is -0.756 e. The number of anilines is 1. The molecule has 0 saturated carbocycles. The highest BCUT2D eigenvalue weighted by Crippen LogP contribution is 2.34. The number of nitrogens with zero attached hydrogens (tertiary/aromatic N) is 3. The molecule has 0 aliphatic carbocycles. The third kappa shape index (κ3) is 4.32. The van der Waals surface area contributed by atoms with E-state index >= 15 is 0 Å². The number of imidazole rings is 1. The number of hydrogen-bond donors (Lipinski definition) is 5. The number of aromatic amines is 1. The number of hydrogen-bond acceptors (Lipinski definition) is 9. The first-order chi connectivity index (χ1) is 15.0. The minimum absolute atomic E-state index is 0.0920. The van der Waals surface area contributed by atoms with Gasteiger partial charge in [0.2, 0.25) is 11.7 Å². The third-order valence-corrected chi connectivity index (χ3v) is 5.78. The molecule has 2 aromatic heterocycles. The van der Waals surface area contributed by atoms with Crippen LogP contribution in [0, 0.1) is 6.92 Å². The fourth-order valence-corrected chi connectivity index (χ4v) is 4.05. The quantitative estimate of drug-likeness (QED) is 0.200. The van der Waals surface area contributed by atoms with Crippen molar-refractivity contribution in [3.63, 3.8) is 0 Å². The second-order valence-electron chi connectivity index (χ2n) is 7.51. The maximum absolute atomic E-state index is 12.7. The number of aliphatic hydroxyl groups excluding tert-OH is 2. The van der Waals surface area contributed by atoms with E-state index in [0.717, 1.165) is 11.1 Å². The number of benzene rings is 1. The fourth-order valence-electron chi connectivity index (χ4n) is 3.71. The van der Waals surface area contributed by atoms with Crippen molar-refractivity contribution in [2.45, 2.75) is 38.0 Å². The molecule has 0 bridgehead atoms. The van der Waals surface area contributed by atoms with Gasteiger partial charge < -0.3 is 35.0 Å². The number of nitrogens with two attached hydrogens (primary N) is 1. The van der Waals surface area contributed by atoms with Crippen molar-refractivity contribution in [1.29, 1.82) is 0 Å². The van der Waals surface area contributed by atoms with Crippen LogP contribution in [-0.2, 0) is 20.4 Å². The molecule has 1 aliphatic rings. The number of nitrogen functional groups attached to an aromatic ring is 1. The summed E-state index contributed by atoms with van der Waals surface area (Å²) >= 11 is 0. The van der Waals surface area contributed by atoms with Gasteiger partial charge in [0.15, 0.2) is 6.33 Å². The van der Waals surface area contributed by atoms with Gasteiger partial charge in [-0.05, 0) is 18.1 Å². The molecule has 1 aromatic carbocycles. The van der Waals surface area contributed by atoms with E-state index < -0.39 is 44.5 Å². The van der Waals surface area contributed by atoms with Crippen molar-refractivity contribution in [3.8, 4) is 0 Å². The van der Waals surface area contributed by atoms with E-state index in [1.54, 1.807) is 4.57 Å². The Morgan fingerprint density at radius 1 is 1.38 bits per heavy atom. The maximum Gasteiger partial charge on any atom is 0.313 e. The van der Waals surface area contributed by atoms with Crippen LogP contribution in [0.25, 0.3) is 11.2 Å². The summed E-state index contributed by atoms with van der Waals surface area (Å²) in [4.78, 5) is 38.9. The van der Waals surface area contributed by atoms with Gasteiger partial charge in [0.1, 0.15) is 18.3 Å². The lowest BCUT2D eigenvalue weighted by atomic mass is 10.1. The molecule has 1 unspecified atom stereocenters. The van der Waals surface area contributed by atoms with E-state index in [2.05, 4.69) is 14.5 Å². The number of ether oxygens (including phenoxy) is 1. The van der Waals surface area contributed by atoms with E-state index in [0.29, 0.717) is 6.54 Å². The Kier molecular flexibility index (Phi) is 5.90. The zero-order chi connectivity index (χ0) is 23.2. The number of aryl methyl sites for hydroxylation is 1. The van der Waals surface area contributed by atoms with Gasteiger partial charge in [-0.1, -0.05) is 29.2 Å². The fraction of sp³-hybridized carbons (Fsp3) is 0.389. The Balaban J connectivity index is 1.75.